The van der Waals surface area contributed by atoms with E-state index in [-0.39, 0.29) is 0 Å². The average Bonchev–Trinajstić information content (AvgIpc) is 2.68. The molecule has 0 radical (unpaired) electrons. The van der Waals surface area contributed by atoms with Gasteiger partial charge >= 0.3 is 0 Å². The van der Waals surface area contributed by atoms with Gasteiger partial charge in [0.25, 0.3) is 0 Å². The summed E-state index contributed by atoms with van der Waals surface area (Å²) in [7, 11) is 0. The van der Waals surface area contributed by atoms with E-state index >= 15 is 0 Å². The van der Waals surface area contributed by atoms with Gasteiger partial charge in [-0.1, -0.05) is 56.2 Å². The molecule has 1 aliphatic rings. The summed E-state index contributed by atoms with van der Waals surface area (Å²) in [6.45, 7) is 2.26. The van der Waals surface area contributed by atoms with Gasteiger partial charge in [-0.2, -0.15) is 0 Å². The molecule has 0 N–H and O–H groups in total. The Labute approximate surface area is 155 Å². The number of hydrogen-bond acceptors (Lipinski definition) is 0. The van der Waals surface area contributed by atoms with Crippen molar-refractivity contribution in [2.75, 3.05) is 0 Å². The van der Waals surface area contributed by atoms with Crippen LogP contribution in [0.15, 0.2) is 42.5 Å². The molecule has 2 aromatic rings. The van der Waals surface area contributed by atoms with Crippen LogP contribution in [0.3, 0.4) is 0 Å². The van der Waals surface area contributed by atoms with E-state index in [0.29, 0.717) is 11.5 Å². The van der Waals surface area contributed by atoms with Gasteiger partial charge in [0.1, 0.15) is 0 Å². The summed E-state index contributed by atoms with van der Waals surface area (Å²) in [5.41, 5.74) is 2.52. The Morgan fingerprint density at radius 3 is 2.23 bits per heavy atom. The first-order valence-electron chi connectivity index (χ1n) is 9.72. The molecule has 0 atom stereocenters. The van der Waals surface area contributed by atoms with Crippen LogP contribution in [-0.2, 0) is 0 Å². The molecular formula is C24H26F2. The minimum Gasteiger partial charge on any atom is -0.204 e. The average molecular weight is 352 g/mol. The van der Waals surface area contributed by atoms with Crippen molar-refractivity contribution in [1.29, 1.82) is 0 Å². The summed E-state index contributed by atoms with van der Waals surface area (Å²) in [6, 6.07) is 11.7. The smallest absolute Gasteiger partial charge is 0.159 e. The second-order valence-corrected chi connectivity index (χ2v) is 7.34. The molecule has 2 heteroatoms. The topological polar surface area (TPSA) is 0 Å². The fraction of sp³-hybridized carbons (Fsp3) is 0.417. The van der Waals surface area contributed by atoms with Gasteiger partial charge in [-0.05, 0) is 67.0 Å². The maximum absolute atomic E-state index is 13.4. The van der Waals surface area contributed by atoms with E-state index in [1.54, 1.807) is 6.07 Å². The number of hydrogen-bond donors (Lipinski definition) is 0. The molecule has 0 unspecified atom stereocenters. The molecule has 0 bridgehead atoms. The summed E-state index contributed by atoms with van der Waals surface area (Å²) in [5.74, 6) is 6.50. The molecule has 2 aromatic carbocycles. The SMILES string of the molecule is CCCC[C@H]1CC[C@H](C#Cc2ccc(-c3ccc(F)c(F)c3)cc2)CC1. The fourth-order valence-corrected chi connectivity index (χ4v) is 3.70. The van der Waals surface area contributed by atoms with Gasteiger partial charge in [0, 0.05) is 11.5 Å². The first-order chi connectivity index (χ1) is 12.7. The van der Waals surface area contributed by atoms with E-state index in [1.165, 1.54) is 51.0 Å². The molecule has 0 heterocycles. The predicted octanol–water partition coefficient (Wildman–Crippen LogP) is 6.98. The largest absolute Gasteiger partial charge is 0.204 e. The molecule has 0 spiro atoms. The van der Waals surface area contributed by atoms with Gasteiger partial charge in [-0.3, -0.25) is 0 Å². The van der Waals surface area contributed by atoms with Crippen molar-refractivity contribution >= 4 is 0 Å². The Hall–Kier alpha value is -2.14. The van der Waals surface area contributed by atoms with Crippen molar-refractivity contribution in [3.8, 4) is 23.0 Å². The van der Waals surface area contributed by atoms with Crippen molar-refractivity contribution in [2.45, 2.75) is 51.9 Å². The molecule has 1 fully saturated rings. The molecule has 0 saturated heterocycles. The van der Waals surface area contributed by atoms with Gasteiger partial charge in [-0.15, -0.1) is 0 Å². The maximum Gasteiger partial charge on any atom is 0.159 e. The van der Waals surface area contributed by atoms with Crippen molar-refractivity contribution in [2.24, 2.45) is 11.8 Å². The second kappa shape index (κ2) is 8.99. The highest BCUT2D eigenvalue weighted by Crippen LogP contribution is 2.31. The summed E-state index contributed by atoms with van der Waals surface area (Å²) in [5, 5.41) is 0. The fourth-order valence-electron chi connectivity index (χ4n) is 3.70. The van der Waals surface area contributed by atoms with Crippen LogP contribution < -0.4 is 0 Å². The summed E-state index contributed by atoms with van der Waals surface area (Å²) >= 11 is 0. The van der Waals surface area contributed by atoms with Crippen LogP contribution in [0.5, 0.6) is 0 Å². The maximum atomic E-state index is 13.4. The molecule has 0 aromatic heterocycles. The van der Waals surface area contributed by atoms with Crippen LogP contribution in [0, 0.1) is 35.3 Å². The lowest BCUT2D eigenvalue weighted by Gasteiger charge is -2.25. The third-order valence-corrected chi connectivity index (χ3v) is 5.37. The van der Waals surface area contributed by atoms with E-state index in [1.807, 2.05) is 24.3 Å². The van der Waals surface area contributed by atoms with Crippen LogP contribution in [0.2, 0.25) is 0 Å². The molecule has 0 nitrogen and oxygen atoms in total. The number of benzene rings is 2. The van der Waals surface area contributed by atoms with Crippen LogP contribution in [0.1, 0.15) is 57.4 Å². The van der Waals surface area contributed by atoms with Crippen LogP contribution in [0.4, 0.5) is 8.78 Å². The summed E-state index contributed by atoms with van der Waals surface area (Å²) in [6.07, 6.45) is 9.08. The molecule has 26 heavy (non-hydrogen) atoms. The number of unbranched alkanes of at least 4 members (excludes halogenated alkanes) is 1. The van der Waals surface area contributed by atoms with E-state index in [0.717, 1.165) is 23.1 Å². The van der Waals surface area contributed by atoms with Crippen LogP contribution >= 0.6 is 0 Å². The zero-order valence-electron chi connectivity index (χ0n) is 15.4. The minimum absolute atomic E-state index is 0.513. The molecule has 3 rings (SSSR count). The van der Waals surface area contributed by atoms with E-state index in [4.69, 9.17) is 0 Å². The van der Waals surface area contributed by atoms with Crippen LogP contribution in [-0.4, -0.2) is 0 Å². The Bertz CT molecular complexity index is 772. The molecule has 136 valence electrons. The number of halogens is 2. The number of rotatable bonds is 4. The Balaban J connectivity index is 1.58. The lowest BCUT2D eigenvalue weighted by Crippen LogP contribution is -2.13. The lowest BCUT2D eigenvalue weighted by atomic mass is 9.80. The Morgan fingerprint density at radius 2 is 1.58 bits per heavy atom. The van der Waals surface area contributed by atoms with Crippen LogP contribution in [0.25, 0.3) is 11.1 Å². The lowest BCUT2D eigenvalue weighted by molar-refractivity contribution is 0.296. The van der Waals surface area contributed by atoms with Crippen molar-refractivity contribution < 1.29 is 8.78 Å². The van der Waals surface area contributed by atoms with Gasteiger partial charge in [0.15, 0.2) is 11.6 Å². The Kier molecular flexibility index (Phi) is 6.45. The normalized spacial score (nSPS) is 19.7. The Morgan fingerprint density at radius 1 is 0.885 bits per heavy atom. The molecule has 1 saturated carbocycles. The van der Waals surface area contributed by atoms with E-state index in [2.05, 4.69) is 18.8 Å². The summed E-state index contributed by atoms with van der Waals surface area (Å²) < 4.78 is 26.4. The first-order valence-corrected chi connectivity index (χ1v) is 9.72. The minimum atomic E-state index is -0.819. The highest BCUT2D eigenvalue weighted by Gasteiger charge is 2.19. The first kappa shape index (κ1) is 18.6. The predicted molar refractivity (Wildman–Crippen MR) is 104 cm³/mol. The molecule has 1 aliphatic carbocycles. The van der Waals surface area contributed by atoms with Gasteiger partial charge < -0.3 is 0 Å². The van der Waals surface area contributed by atoms with Gasteiger partial charge in [0.05, 0.1) is 0 Å². The third kappa shape index (κ3) is 4.94. The van der Waals surface area contributed by atoms with E-state index in [9.17, 15) is 8.78 Å². The van der Waals surface area contributed by atoms with E-state index < -0.39 is 11.6 Å². The van der Waals surface area contributed by atoms with Crippen molar-refractivity contribution in [1.82, 2.24) is 0 Å². The zero-order valence-corrected chi connectivity index (χ0v) is 15.4. The van der Waals surface area contributed by atoms with Crippen molar-refractivity contribution in [3.63, 3.8) is 0 Å². The van der Waals surface area contributed by atoms with Gasteiger partial charge in [0.2, 0.25) is 0 Å². The standard InChI is InChI=1S/C24H26F2/c1-2-3-4-18-5-7-19(8-6-18)9-10-20-11-13-21(14-12-20)22-15-16-23(25)24(26)17-22/h11-19H,2-8H2,1H3/t18-,19-. The zero-order chi connectivity index (χ0) is 18.4. The molecular weight excluding hydrogens is 326 g/mol. The quantitative estimate of drug-likeness (QED) is 0.521. The molecule has 0 amide bonds. The second-order valence-electron chi connectivity index (χ2n) is 7.34. The van der Waals surface area contributed by atoms with Crippen molar-refractivity contribution in [3.05, 3.63) is 59.7 Å². The van der Waals surface area contributed by atoms with Gasteiger partial charge in [-0.25, -0.2) is 8.78 Å². The highest BCUT2D eigenvalue weighted by atomic mass is 19.2. The summed E-state index contributed by atoms with van der Waals surface area (Å²) in [4.78, 5) is 0. The monoisotopic (exact) mass is 352 g/mol. The third-order valence-electron chi connectivity index (χ3n) is 5.37. The highest BCUT2D eigenvalue weighted by molar-refractivity contribution is 5.64. The molecule has 0 aliphatic heterocycles.